The van der Waals surface area contributed by atoms with E-state index in [1.165, 1.54) is 6.07 Å². The van der Waals surface area contributed by atoms with E-state index >= 15 is 0 Å². The zero-order valence-electron chi connectivity index (χ0n) is 12.7. The van der Waals surface area contributed by atoms with Gasteiger partial charge in [0.1, 0.15) is 18.5 Å². The summed E-state index contributed by atoms with van der Waals surface area (Å²) in [6.45, 7) is 2.11. The summed E-state index contributed by atoms with van der Waals surface area (Å²) in [5.74, 6) is 0.465. The van der Waals surface area contributed by atoms with Crippen LogP contribution in [-0.2, 0) is 13.1 Å². The molecule has 1 aromatic carbocycles. The molecule has 0 aliphatic rings. The SMILES string of the molecule is CN=C(NCCCCn1cnnc1)NCc1ccccc1F. The van der Waals surface area contributed by atoms with Gasteiger partial charge in [0.2, 0.25) is 0 Å². The first-order valence-electron chi connectivity index (χ1n) is 7.30. The fraction of sp³-hybridized carbons (Fsp3) is 0.400. The van der Waals surface area contributed by atoms with E-state index in [1.807, 2.05) is 10.6 Å². The van der Waals surface area contributed by atoms with Crippen LogP contribution < -0.4 is 10.6 Å². The first-order valence-corrected chi connectivity index (χ1v) is 7.30. The van der Waals surface area contributed by atoms with Crippen LogP contribution in [0.25, 0.3) is 0 Å². The van der Waals surface area contributed by atoms with Crippen LogP contribution in [0.5, 0.6) is 0 Å². The molecular weight excluding hydrogens is 283 g/mol. The molecule has 0 amide bonds. The minimum Gasteiger partial charge on any atom is -0.356 e. The second kappa shape index (κ2) is 8.76. The molecule has 1 heterocycles. The van der Waals surface area contributed by atoms with E-state index in [0.717, 1.165) is 25.9 Å². The van der Waals surface area contributed by atoms with Crippen molar-refractivity contribution in [3.8, 4) is 0 Å². The third-order valence-electron chi connectivity index (χ3n) is 3.23. The molecule has 22 heavy (non-hydrogen) atoms. The molecule has 2 N–H and O–H groups in total. The van der Waals surface area contributed by atoms with Crippen molar-refractivity contribution in [2.75, 3.05) is 13.6 Å². The predicted molar refractivity (Wildman–Crippen MR) is 83.9 cm³/mol. The zero-order valence-corrected chi connectivity index (χ0v) is 12.7. The lowest BCUT2D eigenvalue weighted by Crippen LogP contribution is -2.37. The molecule has 2 aromatic rings. The molecular formula is C15H21FN6. The monoisotopic (exact) mass is 304 g/mol. The van der Waals surface area contributed by atoms with Gasteiger partial charge in [0.25, 0.3) is 0 Å². The molecule has 7 heteroatoms. The molecule has 0 aliphatic heterocycles. The fourth-order valence-electron chi connectivity index (χ4n) is 2.01. The summed E-state index contributed by atoms with van der Waals surface area (Å²) in [5.41, 5.74) is 0.623. The summed E-state index contributed by atoms with van der Waals surface area (Å²) in [7, 11) is 1.70. The number of aromatic nitrogens is 3. The van der Waals surface area contributed by atoms with E-state index in [9.17, 15) is 4.39 Å². The van der Waals surface area contributed by atoms with Crippen LogP contribution in [0, 0.1) is 5.82 Å². The highest BCUT2D eigenvalue weighted by Gasteiger charge is 2.02. The number of hydrogen-bond donors (Lipinski definition) is 2. The Morgan fingerprint density at radius 2 is 1.95 bits per heavy atom. The van der Waals surface area contributed by atoms with Crippen LogP contribution >= 0.6 is 0 Å². The van der Waals surface area contributed by atoms with E-state index < -0.39 is 0 Å². The van der Waals surface area contributed by atoms with Crippen molar-refractivity contribution in [3.63, 3.8) is 0 Å². The molecule has 0 radical (unpaired) electrons. The third-order valence-corrected chi connectivity index (χ3v) is 3.23. The lowest BCUT2D eigenvalue weighted by Gasteiger charge is -2.12. The van der Waals surface area contributed by atoms with Crippen molar-refractivity contribution in [2.45, 2.75) is 25.9 Å². The van der Waals surface area contributed by atoms with Crippen LogP contribution in [-0.4, -0.2) is 34.3 Å². The Kier molecular flexibility index (Phi) is 6.35. The molecule has 0 unspecified atom stereocenters. The van der Waals surface area contributed by atoms with E-state index in [4.69, 9.17) is 0 Å². The average Bonchev–Trinajstić information content (AvgIpc) is 3.05. The second-order valence-electron chi connectivity index (χ2n) is 4.85. The van der Waals surface area contributed by atoms with Crippen LogP contribution in [0.1, 0.15) is 18.4 Å². The average molecular weight is 304 g/mol. The number of guanidine groups is 1. The highest BCUT2D eigenvalue weighted by molar-refractivity contribution is 5.79. The van der Waals surface area contributed by atoms with Crippen molar-refractivity contribution >= 4 is 5.96 Å². The third kappa shape index (κ3) is 5.16. The normalized spacial score (nSPS) is 11.5. The molecule has 118 valence electrons. The minimum absolute atomic E-state index is 0.209. The summed E-state index contributed by atoms with van der Waals surface area (Å²) in [6.07, 6.45) is 5.44. The van der Waals surface area contributed by atoms with Crippen molar-refractivity contribution in [3.05, 3.63) is 48.3 Å². The molecule has 1 aromatic heterocycles. The molecule has 0 spiro atoms. The van der Waals surface area contributed by atoms with Crippen LogP contribution in [0.3, 0.4) is 0 Å². The highest BCUT2D eigenvalue weighted by Crippen LogP contribution is 2.05. The molecule has 0 saturated carbocycles. The highest BCUT2D eigenvalue weighted by atomic mass is 19.1. The van der Waals surface area contributed by atoms with Crippen LogP contribution in [0.4, 0.5) is 4.39 Å². The summed E-state index contributed by atoms with van der Waals surface area (Å²) in [6, 6.07) is 6.72. The maximum atomic E-state index is 13.5. The molecule has 0 bridgehead atoms. The van der Waals surface area contributed by atoms with Crippen LogP contribution in [0.15, 0.2) is 41.9 Å². The van der Waals surface area contributed by atoms with Crippen molar-refractivity contribution < 1.29 is 4.39 Å². The Balaban J connectivity index is 1.64. The van der Waals surface area contributed by atoms with Gasteiger partial charge in [0, 0.05) is 32.2 Å². The fourth-order valence-corrected chi connectivity index (χ4v) is 2.01. The second-order valence-corrected chi connectivity index (χ2v) is 4.85. The van der Waals surface area contributed by atoms with Gasteiger partial charge in [-0.1, -0.05) is 18.2 Å². The Bertz CT molecular complexity index is 581. The summed E-state index contributed by atoms with van der Waals surface area (Å²) < 4.78 is 15.5. The molecule has 0 saturated heterocycles. The number of nitrogens with one attached hydrogen (secondary N) is 2. The van der Waals surface area contributed by atoms with Gasteiger partial charge in [-0.3, -0.25) is 4.99 Å². The summed E-state index contributed by atoms with van der Waals surface area (Å²) in [5, 5.41) is 13.8. The van der Waals surface area contributed by atoms with E-state index in [0.29, 0.717) is 18.1 Å². The van der Waals surface area contributed by atoms with Crippen molar-refractivity contribution in [1.29, 1.82) is 0 Å². The molecule has 0 fully saturated rings. The van der Waals surface area contributed by atoms with Crippen molar-refractivity contribution in [2.24, 2.45) is 4.99 Å². The number of rotatable bonds is 7. The number of unbranched alkanes of at least 4 members (excludes halogenated alkanes) is 1. The zero-order chi connectivity index (χ0) is 15.6. The van der Waals surface area contributed by atoms with Gasteiger partial charge in [-0.25, -0.2) is 4.39 Å². The number of aryl methyl sites for hydroxylation is 1. The first kappa shape index (κ1) is 15.9. The Hall–Kier alpha value is -2.44. The minimum atomic E-state index is -0.209. The number of halogens is 1. The van der Waals surface area contributed by atoms with Gasteiger partial charge in [-0.15, -0.1) is 10.2 Å². The van der Waals surface area contributed by atoms with Gasteiger partial charge in [0.15, 0.2) is 5.96 Å². The lowest BCUT2D eigenvalue weighted by molar-refractivity contribution is 0.593. The van der Waals surface area contributed by atoms with Gasteiger partial charge in [-0.2, -0.15) is 0 Å². The van der Waals surface area contributed by atoms with Gasteiger partial charge >= 0.3 is 0 Å². The molecule has 0 atom stereocenters. The number of aliphatic imine (C=N–C) groups is 1. The maximum absolute atomic E-state index is 13.5. The molecule has 6 nitrogen and oxygen atoms in total. The quantitative estimate of drug-likeness (QED) is 0.463. The Labute approximate surface area is 129 Å². The van der Waals surface area contributed by atoms with E-state index in [1.54, 1.807) is 31.8 Å². The number of hydrogen-bond acceptors (Lipinski definition) is 3. The smallest absolute Gasteiger partial charge is 0.191 e. The topological polar surface area (TPSA) is 67.1 Å². The van der Waals surface area contributed by atoms with Gasteiger partial charge in [-0.05, 0) is 18.9 Å². The Morgan fingerprint density at radius 1 is 1.18 bits per heavy atom. The summed E-state index contributed by atoms with van der Waals surface area (Å²) in [4.78, 5) is 4.13. The maximum Gasteiger partial charge on any atom is 0.191 e. The van der Waals surface area contributed by atoms with Gasteiger partial charge in [0.05, 0.1) is 0 Å². The lowest BCUT2D eigenvalue weighted by atomic mass is 10.2. The van der Waals surface area contributed by atoms with Crippen molar-refractivity contribution in [1.82, 2.24) is 25.4 Å². The largest absolute Gasteiger partial charge is 0.356 e. The van der Waals surface area contributed by atoms with Gasteiger partial charge < -0.3 is 15.2 Å². The number of benzene rings is 1. The van der Waals surface area contributed by atoms with E-state index in [-0.39, 0.29) is 5.82 Å². The Morgan fingerprint density at radius 3 is 2.68 bits per heavy atom. The summed E-state index contributed by atoms with van der Waals surface area (Å²) >= 11 is 0. The predicted octanol–water partition coefficient (Wildman–Crippen LogP) is 1.56. The number of nitrogens with zero attached hydrogens (tertiary/aromatic N) is 4. The molecule has 2 rings (SSSR count). The van der Waals surface area contributed by atoms with Crippen LogP contribution in [0.2, 0.25) is 0 Å². The van der Waals surface area contributed by atoms with E-state index in [2.05, 4.69) is 25.8 Å². The molecule has 0 aliphatic carbocycles. The first-order chi connectivity index (χ1) is 10.8. The standard InChI is InChI=1S/C15H21FN6/c1-17-15(19-10-13-6-2-3-7-14(13)16)18-8-4-5-9-22-11-20-21-12-22/h2-3,6-7,11-12H,4-5,8-10H2,1H3,(H2,17,18,19).